The molecule has 1 aliphatic heterocycles. The van der Waals surface area contributed by atoms with Crippen molar-refractivity contribution < 1.29 is 9.47 Å². The van der Waals surface area contributed by atoms with Crippen LogP contribution < -0.4 is 15.4 Å². The van der Waals surface area contributed by atoms with Crippen molar-refractivity contribution in [2.75, 3.05) is 40.1 Å². The summed E-state index contributed by atoms with van der Waals surface area (Å²) in [7, 11) is 1.73. The molecule has 0 aromatic heterocycles. The molecule has 0 saturated carbocycles. The van der Waals surface area contributed by atoms with Crippen molar-refractivity contribution in [3.05, 3.63) is 59.7 Å². The first-order chi connectivity index (χ1) is 12.8. The van der Waals surface area contributed by atoms with Crippen molar-refractivity contribution in [1.29, 1.82) is 0 Å². The highest BCUT2D eigenvalue weighted by Gasteiger charge is 2.10. The highest BCUT2D eigenvalue weighted by atomic mass is 16.5. The van der Waals surface area contributed by atoms with Crippen LogP contribution in [0, 0.1) is 0 Å². The Morgan fingerprint density at radius 3 is 2.88 bits per heavy atom. The van der Waals surface area contributed by atoms with Crippen LogP contribution in [0.2, 0.25) is 0 Å². The van der Waals surface area contributed by atoms with Gasteiger partial charge in [-0.15, -0.1) is 0 Å². The minimum Gasteiger partial charge on any atom is -0.478 e. The van der Waals surface area contributed by atoms with Crippen molar-refractivity contribution in [3.63, 3.8) is 0 Å². The van der Waals surface area contributed by atoms with E-state index in [1.165, 1.54) is 16.7 Å². The lowest BCUT2D eigenvalue weighted by Crippen LogP contribution is -2.19. The van der Waals surface area contributed by atoms with Gasteiger partial charge in [0, 0.05) is 20.2 Å². The number of nitrogens with one attached hydrogen (secondary N) is 2. The van der Waals surface area contributed by atoms with Crippen LogP contribution in [0.1, 0.15) is 31.9 Å². The summed E-state index contributed by atoms with van der Waals surface area (Å²) >= 11 is 0. The van der Waals surface area contributed by atoms with E-state index in [2.05, 4.69) is 48.4 Å². The first-order valence-electron chi connectivity index (χ1n) is 9.47. The Labute approximate surface area is 159 Å². The van der Waals surface area contributed by atoms with Crippen LogP contribution in [0.4, 0.5) is 0 Å². The first kappa shape index (κ1) is 22.2. The molecule has 0 fully saturated rings. The largest absolute Gasteiger partial charge is 0.478 e. The maximum absolute atomic E-state index is 5.72. The van der Waals surface area contributed by atoms with E-state index < -0.39 is 0 Å². The lowest BCUT2D eigenvalue weighted by atomic mass is 9.98. The van der Waals surface area contributed by atoms with Gasteiger partial charge < -0.3 is 14.8 Å². The van der Waals surface area contributed by atoms with Crippen LogP contribution in [-0.2, 0) is 11.2 Å². The van der Waals surface area contributed by atoms with Crippen LogP contribution in [0.3, 0.4) is 0 Å². The Hall–Kier alpha value is -1.88. The molecular weight excluding hydrogens is 324 g/mol. The molecule has 0 bridgehead atoms. The summed E-state index contributed by atoms with van der Waals surface area (Å²) in [5, 5.41) is 6.61. The molecule has 2 N–H and O–H groups in total. The van der Waals surface area contributed by atoms with Crippen molar-refractivity contribution in [1.82, 2.24) is 10.6 Å². The predicted octanol–water partition coefficient (Wildman–Crippen LogP) is 3.95. The van der Waals surface area contributed by atoms with E-state index in [0.29, 0.717) is 13.3 Å². The zero-order chi connectivity index (χ0) is 19.2. The lowest BCUT2D eigenvalue weighted by Gasteiger charge is -2.12. The zero-order valence-electron chi connectivity index (χ0n) is 16.7. The molecule has 1 aromatic carbocycles. The Morgan fingerprint density at radius 2 is 2.19 bits per heavy atom. The Balaban J connectivity index is 0.00000163. The van der Waals surface area contributed by atoms with E-state index in [9.17, 15) is 0 Å². The molecule has 4 nitrogen and oxygen atoms in total. The number of fused-ring (bicyclic) bond motifs is 1. The number of methoxy groups -OCH3 is 1. The third-order valence-corrected chi connectivity index (χ3v) is 3.88. The molecular formula is C22H34N2O2. The van der Waals surface area contributed by atoms with Gasteiger partial charge in [-0.2, -0.15) is 0 Å². The van der Waals surface area contributed by atoms with Crippen molar-refractivity contribution in [3.8, 4) is 5.75 Å². The molecule has 0 radical (unpaired) electrons. The fraction of sp³-hybridized carbons (Fsp3) is 0.455. The Kier molecular flexibility index (Phi) is 11.4. The molecule has 1 aromatic rings. The lowest BCUT2D eigenvalue weighted by molar-refractivity contribution is 0.223. The van der Waals surface area contributed by atoms with Gasteiger partial charge in [-0.3, -0.25) is 5.32 Å². The number of hydrogen-bond acceptors (Lipinski definition) is 4. The van der Waals surface area contributed by atoms with E-state index in [1.807, 2.05) is 26.0 Å². The average Bonchev–Trinajstić information content (AvgIpc) is 2.92. The molecule has 0 saturated heterocycles. The van der Waals surface area contributed by atoms with Gasteiger partial charge in [-0.05, 0) is 47.4 Å². The van der Waals surface area contributed by atoms with E-state index in [0.717, 1.165) is 37.4 Å². The summed E-state index contributed by atoms with van der Waals surface area (Å²) in [6, 6.07) is 6.38. The molecule has 144 valence electrons. The van der Waals surface area contributed by atoms with Gasteiger partial charge in [-0.1, -0.05) is 51.6 Å². The average molecular weight is 359 g/mol. The van der Waals surface area contributed by atoms with E-state index >= 15 is 0 Å². The van der Waals surface area contributed by atoms with Gasteiger partial charge in [0.15, 0.2) is 0 Å². The molecule has 0 spiro atoms. The van der Waals surface area contributed by atoms with Gasteiger partial charge >= 0.3 is 0 Å². The summed E-state index contributed by atoms with van der Waals surface area (Å²) in [4.78, 5) is 0. The number of likely N-dealkylation sites (N-methyl/N-ethyl adjacent to an activating group) is 1. The second-order valence-electron chi connectivity index (χ2n) is 5.73. The Morgan fingerprint density at radius 1 is 1.38 bits per heavy atom. The fourth-order valence-corrected chi connectivity index (χ4v) is 2.71. The minimum atomic E-state index is 0.572. The number of allylic oxidation sites excluding steroid dienone is 4. The normalized spacial score (nSPS) is 14.5. The maximum atomic E-state index is 5.72. The topological polar surface area (TPSA) is 42.5 Å². The molecule has 26 heavy (non-hydrogen) atoms. The van der Waals surface area contributed by atoms with Crippen LogP contribution in [-0.4, -0.2) is 40.1 Å². The molecule has 1 heterocycles. The smallest absolute Gasteiger partial charge is 0.139 e. The number of rotatable bonds is 8. The fourth-order valence-electron chi connectivity index (χ4n) is 2.71. The van der Waals surface area contributed by atoms with Gasteiger partial charge in [-0.25, -0.2) is 0 Å². The summed E-state index contributed by atoms with van der Waals surface area (Å²) in [6.07, 6.45) is 7.02. The van der Waals surface area contributed by atoms with Crippen LogP contribution >= 0.6 is 0 Å². The monoisotopic (exact) mass is 358 g/mol. The van der Waals surface area contributed by atoms with Crippen LogP contribution in [0.25, 0.3) is 5.57 Å². The van der Waals surface area contributed by atoms with Gasteiger partial charge in [0.1, 0.15) is 12.5 Å². The summed E-state index contributed by atoms with van der Waals surface area (Å²) in [5.41, 5.74) is 4.75. The zero-order valence-corrected chi connectivity index (χ0v) is 16.7. The quantitative estimate of drug-likeness (QED) is 0.691. The van der Waals surface area contributed by atoms with E-state index in [4.69, 9.17) is 9.47 Å². The molecule has 0 aliphatic carbocycles. The minimum absolute atomic E-state index is 0.572. The third-order valence-electron chi connectivity index (χ3n) is 3.88. The SMILES string of the molecule is C=C/C=C(\C=C(\CNCC)COC)c1ccc2c(c1)CCNCO2.CC. The Bertz CT molecular complexity index is 606. The summed E-state index contributed by atoms with van der Waals surface area (Å²) in [6.45, 7) is 13.8. The highest BCUT2D eigenvalue weighted by molar-refractivity contribution is 5.76. The molecule has 2 rings (SSSR count). The van der Waals surface area contributed by atoms with Crippen molar-refractivity contribution >= 4 is 5.57 Å². The highest BCUT2D eigenvalue weighted by Crippen LogP contribution is 2.27. The summed E-state index contributed by atoms with van der Waals surface area (Å²) < 4.78 is 11.1. The molecule has 0 amide bonds. The number of hydrogen-bond donors (Lipinski definition) is 2. The number of benzene rings is 1. The van der Waals surface area contributed by atoms with Gasteiger partial charge in [0.25, 0.3) is 0 Å². The third kappa shape index (κ3) is 7.16. The van der Waals surface area contributed by atoms with Gasteiger partial charge in [0.2, 0.25) is 0 Å². The summed E-state index contributed by atoms with van der Waals surface area (Å²) in [5.74, 6) is 0.968. The van der Waals surface area contributed by atoms with E-state index in [1.54, 1.807) is 7.11 Å². The second kappa shape index (κ2) is 13.3. The van der Waals surface area contributed by atoms with E-state index in [-0.39, 0.29) is 0 Å². The second-order valence-corrected chi connectivity index (χ2v) is 5.73. The first-order valence-corrected chi connectivity index (χ1v) is 9.47. The van der Waals surface area contributed by atoms with Crippen LogP contribution in [0.15, 0.2) is 48.6 Å². The standard InChI is InChI=1S/C20H28N2O2.C2H6/c1-4-6-17(11-16(14-23-3)13-21-5-2)18-7-8-20-19(12-18)9-10-22-15-24-20;1-2/h4,6-8,11-12,21-22H,1,5,9-10,13-15H2,2-3H3;1-2H3/b16-11-,17-6+;. The van der Waals surface area contributed by atoms with Crippen molar-refractivity contribution in [2.45, 2.75) is 27.2 Å². The van der Waals surface area contributed by atoms with Crippen molar-refractivity contribution in [2.24, 2.45) is 0 Å². The predicted molar refractivity (Wildman–Crippen MR) is 112 cm³/mol. The molecule has 0 unspecified atom stereocenters. The molecule has 4 heteroatoms. The van der Waals surface area contributed by atoms with Crippen LogP contribution in [0.5, 0.6) is 5.75 Å². The molecule has 1 aliphatic rings. The number of ether oxygens (including phenoxy) is 2. The van der Waals surface area contributed by atoms with Gasteiger partial charge in [0.05, 0.1) is 6.61 Å². The maximum Gasteiger partial charge on any atom is 0.139 e. The molecule has 0 atom stereocenters.